The van der Waals surface area contributed by atoms with Crippen LogP contribution in [0.25, 0.3) is 0 Å². The summed E-state index contributed by atoms with van der Waals surface area (Å²) in [7, 11) is 0. The molecule has 0 aromatic carbocycles. The lowest BCUT2D eigenvalue weighted by atomic mass is 10.1. The largest absolute Gasteiger partial charge is 0.480 e. The van der Waals surface area contributed by atoms with E-state index >= 15 is 0 Å². The van der Waals surface area contributed by atoms with Crippen molar-refractivity contribution in [3.63, 3.8) is 0 Å². The number of primary amides is 1. The number of aliphatic carboxylic acids is 1. The molecular formula is C19H34N8O7. The predicted molar refractivity (Wildman–Crippen MR) is 120 cm³/mol. The van der Waals surface area contributed by atoms with Crippen molar-refractivity contribution < 1.29 is 34.2 Å². The first-order valence-corrected chi connectivity index (χ1v) is 10.8. The third-order valence-corrected chi connectivity index (χ3v) is 5.21. The molecule has 1 rings (SSSR count). The van der Waals surface area contributed by atoms with E-state index in [0.29, 0.717) is 12.8 Å². The van der Waals surface area contributed by atoms with Gasteiger partial charge in [0.25, 0.3) is 0 Å². The molecule has 0 aromatic rings. The number of aliphatic hydroxyl groups is 1. The summed E-state index contributed by atoms with van der Waals surface area (Å²) < 4.78 is 0. The summed E-state index contributed by atoms with van der Waals surface area (Å²) in [5.74, 6) is -4.74. The lowest BCUT2D eigenvalue weighted by molar-refractivity contribution is -0.150. The number of nitrogens with one attached hydrogen (secondary N) is 2. The summed E-state index contributed by atoms with van der Waals surface area (Å²) in [5.41, 5.74) is 21.4. The van der Waals surface area contributed by atoms with Crippen molar-refractivity contribution in [2.75, 3.05) is 13.1 Å². The molecule has 12 N–H and O–H groups in total. The highest BCUT2D eigenvalue weighted by atomic mass is 16.4. The number of carboxylic acid groups (broad SMARTS) is 1. The molecule has 0 aliphatic carbocycles. The van der Waals surface area contributed by atoms with Gasteiger partial charge in [0.15, 0.2) is 5.96 Å². The monoisotopic (exact) mass is 486 g/mol. The van der Waals surface area contributed by atoms with Crippen molar-refractivity contribution in [2.24, 2.45) is 27.9 Å². The molecule has 1 aliphatic rings. The number of carbonyl (C=O) groups is 5. The number of carboxylic acids is 1. The smallest absolute Gasteiger partial charge is 0.326 e. The lowest BCUT2D eigenvalue weighted by Crippen LogP contribution is -2.60. The topological polar surface area (TPSA) is 270 Å². The molecule has 15 heteroatoms. The Morgan fingerprint density at radius 2 is 1.76 bits per heavy atom. The molecule has 0 spiro atoms. The average Bonchev–Trinajstić information content (AvgIpc) is 3.23. The molecule has 0 saturated carbocycles. The molecule has 1 heterocycles. The third-order valence-electron chi connectivity index (χ3n) is 5.21. The molecule has 0 aromatic heterocycles. The maximum absolute atomic E-state index is 12.9. The van der Waals surface area contributed by atoms with E-state index in [4.69, 9.17) is 22.9 Å². The van der Waals surface area contributed by atoms with Gasteiger partial charge in [0.2, 0.25) is 23.6 Å². The standard InChI is InChI=1S/C19H34N8O7/c1-9(28)14(26-15(30)10(20)4-2-6-24-19(22)23)16(31)25-11(8-13(21)29)17(32)27-7-3-5-12(27)18(33)34/h9-12,14,28H,2-8,20H2,1H3,(H2,21,29)(H,25,31)(H,26,30)(H,33,34)(H4,22,23,24). The molecule has 4 amide bonds. The summed E-state index contributed by atoms with van der Waals surface area (Å²) in [6, 6.07) is -5.11. The van der Waals surface area contributed by atoms with Crippen molar-refractivity contribution in [1.29, 1.82) is 0 Å². The number of rotatable bonds is 13. The zero-order valence-corrected chi connectivity index (χ0v) is 19.0. The van der Waals surface area contributed by atoms with Crippen LogP contribution in [0, 0.1) is 0 Å². The van der Waals surface area contributed by atoms with Gasteiger partial charge in [0.05, 0.1) is 18.6 Å². The van der Waals surface area contributed by atoms with Gasteiger partial charge in [-0.05, 0) is 32.6 Å². The summed E-state index contributed by atoms with van der Waals surface area (Å²) >= 11 is 0. The molecule has 1 fully saturated rings. The summed E-state index contributed by atoms with van der Waals surface area (Å²) in [4.78, 5) is 65.8. The second-order valence-electron chi connectivity index (χ2n) is 8.04. The first kappa shape index (κ1) is 28.6. The van der Waals surface area contributed by atoms with Gasteiger partial charge in [-0.15, -0.1) is 0 Å². The van der Waals surface area contributed by atoms with Crippen molar-refractivity contribution in [1.82, 2.24) is 15.5 Å². The van der Waals surface area contributed by atoms with Gasteiger partial charge in [0.1, 0.15) is 18.1 Å². The number of aliphatic imine (C=N–C) groups is 1. The lowest BCUT2D eigenvalue weighted by Gasteiger charge is -2.29. The second kappa shape index (κ2) is 13.3. The first-order valence-electron chi connectivity index (χ1n) is 10.8. The molecule has 0 radical (unpaired) electrons. The van der Waals surface area contributed by atoms with Gasteiger partial charge >= 0.3 is 5.97 Å². The van der Waals surface area contributed by atoms with Crippen molar-refractivity contribution in [3.05, 3.63) is 0 Å². The van der Waals surface area contributed by atoms with E-state index in [0.717, 1.165) is 4.90 Å². The average molecular weight is 487 g/mol. The fourth-order valence-electron chi connectivity index (χ4n) is 3.47. The SMILES string of the molecule is CC(O)C(NC(=O)C(N)CCCN=C(N)N)C(=O)NC(CC(N)=O)C(=O)N1CCCC1C(=O)O. The molecule has 34 heavy (non-hydrogen) atoms. The van der Waals surface area contributed by atoms with Crippen LogP contribution in [0.3, 0.4) is 0 Å². The van der Waals surface area contributed by atoms with Gasteiger partial charge in [-0.3, -0.25) is 24.2 Å². The zero-order chi connectivity index (χ0) is 26.0. The third kappa shape index (κ3) is 8.82. The van der Waals surface area contributed by atoms with Crippen molar-refractivity contribution >= 4 is 35.6 Å². The van der Waals surface area contributed by atoms with Gasteiger partial charge in [-0.2, -0.15) is 0 Å². The van der Waals surface area contributed by atoms with E-state index in [-0.39, 0.29) is 31.9 Å². The predicted octanol–water partition coefficient (Wildman–Crippen LogP) is -4.33. The van der Waals surface area contributed by atoms with Crippen LogP contribution in [0.4, 0.5) is 0 Å². The van der Waals surface area contributed by atoms with Crippen LogP contribution in [-0.4, -0.2) is 94.0 Å². The highest BCUT2D eigenvalue weighted by Crippen LogP contribution is 2.19. The maximum Gasteiger partial charge on any atom is 0.326 e. The second-order valence-corrected chi connectivity index (χ2v) is 8.04. The van der Waals surface area contributed by atoms with E-state index in [9.17, 15) is 34.2 Å². The van der Waals surface area contributed by atoms with Crippen LogP contribution in [0.5, 0.6) is 0 Å². The number of carbonyl (C=O) groups excluding carboxylic acids is 4. The minimum absolute atomic E-state index is 0.104. The fourth-order valence-corrected chi connectivity index (χ4v) is 3.47. The van der Waals surface area contributed by atoms with Crippen molar-refractivity contribution in [2.45, 2.75) is 69.3 Å². The van der Waals surface area contributed by atoms with E-state index in [2.05, 4.69) is 15.6 Å². The Labute approximate surface area is 196 Å². The Balaban J connectivity index is 2.87. The summed E-state index contributed by atoms with van der Waals surface area (Å²) in [5, 5.41) is 23.9. The van der Waals surface area contributed by atoms with E-state index < -0.39 is 66.3 Å². The Hall–Kier alpha value is -3.46. The fraction of sp³-hybridized carbons (Fsp3) is 0.684. The quantitative estimate of drug-likeness (QED) is 0.0704. The van der Waals surface area contributed by atoms with Crippen LogP contribution in [0.1, 0.15) is 39.0 Å². The normalized spacial score (nSPS) is 18.8. The number of nitrogens with two attached hydrogens (primary N) is 4. The van der Waals surface area contributed by atoms with E-state index in [1.54, 1.807) is 0 Å². The number of hydrogen-bond acceptors (Lipinski definition) is 8. The number of hydrogen-bond donors (Lipinski definition) is 8. The minimum atomic E-state index is -1.51. The number of nitrogens with zero attached hydrogens (tertiary/aromatic N) is 2. The molecule has 1 aliphatic heterocycles. The highest BCUT2D eigenvalue weighted by molar-refractivity contribution is 5.96. The summed E-state index contributed by atoms with van der Waals surface area (Å²) in [6.07, 6.45) is -0.753. The van der Waals surface area contributed by atoms with Crippen LogP contribution in [-0.2, 0) is 24.0 Å². The Bertz CT molecular complexity index is 800. The Morgan fingerprint density at radius 1 is 1.12 bits per heavy atom. The minimum Gasteiger partial charge on any atom is -0.480 e. The molecule has 15 nitrogen and oxygen atoms in total. The van der Waals surface area contributed by atoms with Gasteiger partial charge in [0, 0.05) is 13.1 Å². The summed E-state index contributed by atoms with van der Waals surface area (Å²) in [6.45, 7) is 1.61. The van der Waals surface area contributed by atoms with E-state index in [1.807, 2.05) is 0 Å². The molecule has 0 bridgehead atoms. The zero-order valence-electron chi connectivity index (χ0n) is 19.0. The van der Waals surface area contributed by atoms with Crippen LogP contribution >= 0.6 is 0 Å². The number of amides is 4. The van der Waals surface area contributed by atoms with Gasteiger partial charge in [-0.1, -0.05) is 0 Å². The molecule has 192 valence electrons. The Morgan fingerprint density at radius 3 is 2.29 bits per heavy atom. The molecule has 5 atom stereocenters. The number of likely N-dealkylation sites (tertiary alicyclic amines) is 1. The van der Waals surface area contributed by atoms with E-state index in [1.165, 1.54) is 6.92 Å². The Kier molecular flexibility index (Phi) is 11.2. The maximum atomic E-state index is 12.9. The highest BCUT2D eigenvalue weighted by Gasteiger charge is 2.39. The molecule has 1 saturated heterocycles. The van der Waals surface area contributed by atoms with Crippen LogP contribution in [0.2, 0.25) is 0 Å². The van der Waals surface area contributed by atoms with Crippen LogP contribution < -0.4 is 33.6 Å². The number of guanidine groups is 1. The van der Waals surface area contributed by atoms with Gasteiger partial charge < -0.3 is 48.7 Å². The van der Waals surface area contributed by atoms with Gasteiger partial charge in [-0.25, -0.2) is 4.79 Å². The number of aliphatic hydroxyl groups excluding tert-OH is 1. The molecule has 5 unspecified atom stereocenters. The first-order chi connectivity index (χ1) is 15.8. The van der Waals surface area contributed by atoms with Crippen molar-refractivity contribution in [3.8, 4) is 0 Å². The molecular weight excluding hydrogens is 452 g/mol. The van der Waals surface area contributed by atoms with Crippen LogP contribution in [0.15, 0.2) is 4.99 Å².